The van der Waals surface area contributed by atoms with E-state index in [1.807, 2.05) is 18.7 Å². The summed E-state index contributed by atoms with van der Waals surface area (Å²) >= 11 is 0. The highest BCUT2D eigenvalue weighted by atomic mass is 32.2. The lowest BCUT2D eigenvalue weighted by Gasteiger charge is -2.35. The van der Waals surface area contributed by atoms with Crippen LogP contribution in [0.1, 0.15) is 67.1 Å². The number of rotatable bonds is 16. The van der Waals surface area contributed by atoms with Crippen LogP contribution in [-0.2, 0) is 37.1 Å². The van der Waals surface area contributed by atoms with Crippen molar-refractivity contribution in [3.63, 3.8) is 0 Å². The molecule has 3 rings (SSSR count). The first-order chi connectivity index (χ1) is 20.4. The third-order valence-corrected chi connectivity index (χ3v) is 10.7. The molecule has 2 amide bonds. The molecule has 1 aromatic carbocycles. The molecule has 0 saturated carbocycles. The van der Waals surface area contributed by atoms with Gasteiger partial charge >= 0.3 is 7.60 Å². The van der Waals surface area contributed by atoms with Crippen molar-refractivity contribution in [3.05, 3.63) is 35.2 Å². The van der Waals surface area contributed by atoms with Crippen LogP contribution in [0.4, 0.5) is 5.69 Å². The third-order valence-electron chi connectivity index (χ3n) is 6.73. The summed E-state index contributed by atoms with van der Waals surface area (Å²) in [5.74, 6) is -1.22. The van der Waals surface area contributed by atoms with Gasteiger partial charge in [-0.3, -0.25) is 23.7 Å². The fourth-order valence-electron chi connectivity index (χ4n) is 4.79. The highest BCUT2D eigenvalue weighted by Crippen LogP contribution is 2.48. The molecule has 0 radical (unpaired) electrons. The first-order valence-electron chi connectivity index (χ1n) is 14.4. The molecular weight excluding hydrogens is 599 g/mol. The van der Waals surface area contributed by atoms with E-state index in [4.69, 9.17) is 19.5 Å². The van der Waals surface area contributed by atoms with E-state index in [0.29, 0.717) is 44.7 Å². The smallest absolute Gasteiger partial charge is 0.344 e. The quantitative estimate of drug-likeness (QED) is 0.259. The number of aryl methyl sites for hydroxylation is 2. The molecule has 1 fully saturated rings. The lowest BCUT2D eigenvalue weighted by molar-refractivity contribution is 0.0992. The van der Waals surface area contributed by atoms with Crippen LogP contribution in [0.3, 0.4) is 0 Å². The van der Waals surface area contributed by atoms with Crippen LogP contribution in [0.15, 0.2) is 23.1 Å². The summed E-state index contributed by atoms with van der Waals surface area (Å²) in [5, 5.41) is 7.07. The third kappa shape index (κ3) is 8.43. The Labute approximate surface area is 253 Å². The van der Waals surface area contributed by atoms with Gasteiger partial charge in [-0.15, -0.1) is 0 Å². The number of benzene rings is 1. The summed E-state index contributed by atoms with van der Waals surface area (Å²) in [5.41, 5.74) is 6.28. The maximum absolute atomic E-state index is 13.7. The van der Waals surface area contributed by atoms with Gasteiger partial charge in [0.05, 0.1) is 41.7 Å². The van der Waals surface area contributed by atoms with E-state index in [-0.39, 0.29) is 60.2 Å². The number of nitrogens with one attached hydrogen (secondary N) is 1. The van der Waals surface area contributed by atoms with Gasteiger partial charge in [0.15, 0.2) is 0 Å². The minimum absolute atomic E-state index is 0.00995. The Morgan fingerprint density at radius 1 is 1.05 bits per heavy atom. The summed E-state index contributed by atoms with van der Waals surface area (Å²) in [4.78, 5) is 27.6. The number of nitrogens with zero attached hydrogens (tertiary/aromatic N) is 4. The number of primary amides is 1. The molecule has 16 heteroatoms. The summed E-state index contributed by atoms with van der Waals surface area (Å²) in [6.07, 6.45) is 1.93. The Hall–Kier alpha value is -2.81. The minimum Gasteiger partial charge on any atom is -0.493 e. The van der Waals surface area contributed by atoms with E-state index in [1.54, 1.807) is 20.9 Å². The van der Waals surface area contributed by atoms with Crippen LogP contribution in [-0.4, -0.2) is 91.5 Å². The van der Waals surface area contributed by atoms with Crippen molar-refractivity contribution in [2.75, 3.05) is 57.6 Å². The van der Waals surface area contributed by atoms with Crippen molar-refractivity contribution in [2.24, 2.45) is 12.8 Å². The summed E-state index contributed by atoms with van der Waals surface area (Å²) < 4.78 is 59.5. The predicted octanol–water partition coefficient (Wildman–Crippen LogP) is 3.04. The van der Waals surface area contributed by atoms with E-state index in [0.717, 1.165) is 0 Å². The van der Waals surface area contributed by atoms with Crippen molar-refractivity contribution in [2.45, 2.75) is 51.9 Å². The average molecular weight is 643 g/mol. The number of ether oxygens (including phenoxy) is 1. The van der Waals surface area contributed by atoms with E-state index in [2.05, 4.69) is 10.4 Å². The summed E-state index contributed by atoms with van der Waals surface area (Å²) in [7, 11) is -5.76. The molecule has 2 heterocycles. The number of nitrogens with two attached hydrogens (primary N) is 1. The van der Waals surface area contributed by atoms with E-state index in [9.17, 15) is 22.6 Å². The zero-order valence-corrected chi connectivity index (χ0v) is 27.2. The monoisotopic (exact) mass is 642 g/mol. The average Bonchev–Trinajstić information content (AvgIpc) is 3.26. The standard InChI is InChI=1S/C27H43N6O8PS/c1-6-10-22-24(25(26(28)34)31(5)30-22)29-27(35)21-18-20(11-12-23(21)39-17-7-2)43(37,38)33-15-13-32(14-16-33)19-42(36,40-8-3)41-9-4/h11-12,18H,6-10,13-17,19H2,1-5H3,(H2,28,34)(H,29,35). The van der Waals surface area contributed by atoms with Crippen LogP contribution in [0.2, 0.25) is 0 Å². The summed E-state index contributed by atoms with van der Waals surface area (Å²) in [6, 6.07) is 4.14. The Morgan fingerprint density at radius 3 is 2.26 bits per heavy atom. The van der Waals surface area contributed by atoms with Crippen molar-refractivity contribution in [1.82, 2.24) is 19.0 Å². The Bertz CT molecular complexity index is 1430. The van der Waals surface area contributed by atoms with Gasteiger partial charge in [0.1, 0.15) is 17.7 Å². The fraction of sp³-hybridized carbons (Fsp3) is 0.593. The normalized spacial score (nSPS) is 15.0. The second kappa shape index (κ2) is 15.3. The van der Waals surface area contributed by atoms with Gasteiger partial charge in [-0.2, -0.15) is 9.40 Å². The topological polar surface area (TPSA) is 175 Å². The second-order valence-corrected chi connectivity index (χ2v) is 13.9. The van der Waals surface area contributed by atoms with Crippen molar-refractivity contribution < 1.29 is 36.4 Å². The fourth-order valence-corrected chi connectivity index (χ4v) is 8.04. The zero-order valence-electron chi connectivity index (χ0n) is 25.5. The molecule has 1 saturated heterocycles. The van der Waals surface area contributed by atoms with Crippen LogP contribution in [0.25, 0.3) is 0 Å². The molecule has 1 aliphatic heterocycles. The van der Waals surface area contributed by atoms with Crippen LogP contribution >= 0.6 is 7.60 Å². The number of amides is 2. The molecule has 2 aromatic rings. The molecule has 1 aliphatic rings. The van der Waals surface area contributed by atoms with Crippen LogP contribution in [0, 0.1) is 0 Å². The largest absolute Gasteiger partial charge is 0.493 e. The van der Waals surface area contributed by atoms with Gasteiger partial charge in [-0.25, -0.2) is 8.42 Å². The molecule has 0 bridgehead atoms. The SMILES string of the molecule is CCCOc1ccc(S(=O)(=O)N2CCN(CP(=O)(OCC)OCC)CC2)cc1C(=O)Nc1c(CCC)nn(C)c1C(N)=O. The minimum atomic E-state index is -4.00. The van der Waals surface area contributed by atoms with E-state index < -0.39 is 29.4 Å². The van der Waals surface area contributed by atoms with Crippen molar-refractivity contribution in [1.29, 1.82) is 0 Å². The molecule has 0 unspecified atom stereocenters. The number of piperazine rings is 1. The van der Waals surface area contributed by atoms with Crippen LogP contribution in [0.5, 0.6) is 5.75 Å². The lowest BCUT2D eigenvalue weighted by Crippen LogP contribution is -2.48. The second-order valence-electron chi connectivity index (χ2n) is 9.98. The Balaban J connectivity index is 1.88. The summed E-state index contributed by atoms with van der Waals surface area (Å²) in [6.45, 7) is 9.05. The van der Waals surface area contributed by atoms with Gasteiger partial charge in [0.2, 0.25) is 10.0 Å². The highest BCUT2D eigenvalue weighted by molar-refractivity contribution is 7.89. The molecule has 3 N–H and O–H groups in total. The molecule has 0 aliphatic carbocycles. The predicted molar refractivity (Wildman–Crippen MR) is 162 cm³/mol. The Kier molecular flexibility index (Phi) is 12.3. The first kappa shape index (κ1) is 34.7. The number of carbonyl (C=O) groups excluding carboxylic acids is 2. The highest BCUT2D eigenvalue weighted by Gasteiger charge is 2.34. The van der Waals surface area contributed by atoms with E-state index in [1.165, 1.54) is 27.2 Å². The number of sulfonamides is 1. The molecule has 240 valence electrons. The van der Waals surface area contributed by atoms with Crippen molar-refractivity contribution in [3.8, 4) is 5.75 Å². The van der Waals surface area contributed by atoms with Gasteiger partial charge in [0, 0.05) is 33.2 Å². The maximum atomic E-state index is 13.7. The lowest BCUT2D eigenvalue weighted by atomic mass is 10.1. The number of anilines is 1. The molecule has 14 nitrogen and oxygen atoms in total. The molecule has 1 aromatic heterocycles. The Morgan fingerprint density at radius 2 is 1.70 bits per heavy atom. The first-order valence-corrected chi connectivity index (χ1v) is 17.6. The van der Waals surface area contributed by atoms with Gasteiger partial charge in [-0.1, -0.05) is 20.3 Å². The van der Waals surface area contributed by atoms with Gasteiger partial charge < -0.3 is 24.8 Å². The maximum Gasteiger partial charge on any atom is 0.344 e. The van der Waals surface area contributed by atoms with Crippen molar-refractivity contribution >= 4 is 35.1 Å². The van der Waals surface area contributed by atoms with E-state index >= 15 is 0 Å². The molecule has 0 spiro atoms. The van der Waals surface area contributed by atoms with Crippen LogP contribution < -0.4 is 15.8 Å². The number of aromatic nitrogens is 2. The van der Waals surface area contributed by atoms with Gasteiger partial charge in [0.25, 0.3) is 11.8 Å². The number of carbonyl (C=O) groups is 2. The van der Waals surface area contributed by atoms with Gasteiger partial charge in [-0.05, 0) is 44.9 Å². The zero-order chi connectivity index (χ0) is 31.8. The molecule has 43 heavy (non-hydrogen) atoms. The number of hydrogen-bond donors (Lipinski definition) is 2. The number of hydrogen-bond acceptors (Lipinski definition) is 10. The molecule has 0 atom stereocenters. The molecular formula is C27H43N6O8PS.